The second-order valence-corrected chi connectivity index (χ2v) is 5.00. The summed E-state index contributed by atoms with van der Waals surface area (Å²) in [4.78, 5) is 14.0. The van der Waals surface area contributed by atoms with Crippen LogP contribution < -0.4 is 4.74 Å². The van der Waals surface area contributed by atoms with Crippen molar-refractivity contribution < 1.29 is 14.3 Å². The van der Waals surface area contributed by atoms with Crippen molar-refractivity contribution in [3.8, 4) is 11.8 Å². The maximum absolute atomic E-state index is 12.4. The highest BCUT2D eigenvalue weighted by Gasteiger charge is 2.20. The predicted molar refractivity (Wildman–Crippen MR) is 83.4 cm³/mol. The van der Waals surface area contributed by atoms with E-state index in [4.69, 9.17) is 9.47 Å². The van der Waals surface area contributed by atoms with Crippen molar-refractivity contribution >= 4 is 12.0 Å². The van der Waals surface area contributed by atoms with Gasteiger partial charge in [-0.15, -0.1) is 0 Å². The fourth-order valence-electron chi connectivity index (χ4n) is 2.41. The van der Waals surface area contributed by atoms with Gasteiger partial charge in [-0.2, -0.15) is 5.26 Å². The van der Waals surface area contributed by atoms with Gasteiger partial charge in [0.15, 0.2) is 0 Å². The third-order valence-electron chi connectivity index (χ3n) is 3.65. The van der Waals surface area contributed by atoms with Crippen LogP contribution in [0.2, 0.25) is 0 Å². The zero-order chi connectivity index (χ0) is 15.9. The first-order chi connectivity index (χ1) is 10.7. The van der Waals surface area contributed by atoms with Gasteiger partial charge in [-0.1, -0.05) is 13.0 Å². The van der Waals surface area contributed by atoms with E-state index in [0.717, 1.165) is 23.3 Å². The number of nitrogens with zero attached hydrogens (tertiary/aromatic N) is 2. The van der Waals surface area contributed by atoms with E-state index in [2.05, 4.69) is 0 Å². The molecule has 22 heavy (non-hydrogen) atoms. The van der Waals surface area contributed by atoms with Crippen molar-refractivity contribution in [1.82, 2.24) is 4.90 Å². The van der Waals surface area contributed by atoms with Crippen LogP contribution in [-0.2, 0) is 16.0 Å². The number of hydrogen-bond donors (Lipinski definition) is 0. The Morgan fingerprint density at radius 3 is 2.77 bits per heavy atom. The minimum atomic E-state index is -0.236. The molecular weight excluding hydrogens is 280 g/mol. The molecule has 0 atom stereocenters. The van der Waals surface area contributed by atoms with Crippen molar-refractivity contribution in [1.29, 1.82) is 5.26 Å². The van der Waals surface area contributed by atoms with Crippen molar-refractivity contribution in [2.45, 2.75) is 13.3 Å². The summed E-state index contributed by atoms with van der Waals surface area (Å²) in [6, 6.07) is 7.67. The number of amides is 1. The number of morpholine rings is 1. The lowest BCUT2D eigenvalue weighted by molar-refractivity contribution is -0.130. The molecule has 116 valence electrons. The van der Waals surface area contributed by atoms with Gasteiger partial charge in [0.25, 0.3) is 5.91 Å². The molecule has 0 unspecified atom stereocenters. The van der Waals surface area contributed by atoms with Gasteiger partial charge >= 0.3 is 0 Å². The Bertz CT molecular complexity index is 611. The zero-order valence-corrected chi connectivity index (χ0v) is 13.0. The van der Waals surface area contributed by atoms with Crippen molar-refractivity contribution in [2.75, 3.05) is 33.4 Å². The van der Waals surface area contributed by atoms with Crippen LogP contribution in [0, 0.1) is 11.3 Å². The summed E-state index contributed by atoms with van der Waals surface area (Å²) in [6.07, 6.45) is 2.46. The minimum absolute atomic E-state index is 0.147. The van der Waals surface area contributed by atoms with Gasteiger partial charge in [-0.3, -0.25) is 4.79 Å². The minimum Gasteiger partial charge on any atom is -0.496 e. The number of aryl methyl sites for hydroxylation is 1. The topological polar surface area (TPSA) is 62.6 Å². The number of nitriles is 1. The van der Waals surface area contributed by atoms with Crippen LogP contribution in [0.1, 0.15) is 18.1 Å². The molecule has 1 fully saturated rings. The quantitative estimate of drug-likeness (QED) is 0.630. The first-order valence-electron chi connectivity index (χ1n) is 7.35. The zero-order valence-electron chi connectivity index (χ0n) is 13.0. The molecule has 5 heteroatoms. The molecule has 0 saturated carbocycles. The number of ether oxygens (including phenoxy) is 2. The largest absolute Gasteiger partial charge is 0.496 e. The van der Waals surface area contributed by atoms with Gasteiger partial charge in [0.2, 0.25) is 0 Å². The van der Waals surface area contributed by atoms with Crippen LogP contribution in [0.25, 0.3) is 6.08 Å². The van der Waals surface area contributed by atoms with E-state index in [1.54, 1.807) is 18.1 Å². The Balaban J connectivity index is 2.24. The molecule has 0 bridgehead atoms. The lowest BCUT2D eigenvalue weighted by Crippen LogP contribution is -2.41. The van der Waals surface area contributed by atoms with E-state index < -0.39 is 0 Å². The summed E-state index contributed by atoms with van der Waals surface area (Å²) in [5.74, 6) is 0.581. The summed E-state index contributed by atoms with van der Waals surface area (Å²) in [7, 11) is 1.63. The van der Waals surface area contributed by atoms with Gasteiger partial charge < -0.3 is 14.4 Å². The fourth-order valence-corrected chi connectivity index (χ4v) is 2.41. The molecule has 1 saturated heterocycles. The number of carbonyl (C=O) groups is 1. The Kier molecular flexibility index (Phi) is 5.56. The first-order valence-corrected chi connectivity index (χ1v) is 7.35. The Hall–Kier alpha value is -2.32. The molecule has 1 aromatic carbocycles. The van der Waals surface area contributed by atoms with Crippen molar-refractivity contribution in [3.05, 3.63) is 34.9 Å². The number of hydrogen-bond acceptors (Lipinski definition) is 4. The highest BCUT2D eigenvalue weighted by atomic mass is 16.5. The van der Waals surface area contributed by atoms with Crippen LogP contribution in [0.3, 0.4) is 0 Å². The molecule has 2 rings (SSSR count). The molecule has 1 aliphatic rings. The maximum atomic E-state index is 12.4. The van der Waals surface area contributed by atoms with E-state index >= 15 is 0 Å². The summed E-state index contributed by atoms with van der Waals surface area (Å²) < 4.78 is 10.5. The van der Waals surface area contributed by atoms with E-state index in [9.17, 15) is 10.1 Å². The van der Waals surface area contributed by atoms with E-state index in [0.29, 0.717) is 26.3 Å². The van der Waals surface area contributed by atoms with Crippen molar-refractivity contribution in [2.24, 2.45) is 0 Å². The summed E-state index contributed by atoms with van der Waals surface area (Å²) in [5.41, 5.74) is 2.03. The molecule has 0 aromatic heterocycles. The highest BCUT2D eigenvalue weighted by molar-refractivity contribution is 6.01. The first kappa shape index (κ1) is 16.1. The Labute approximate surface area is 130 Å². The van der Waals surface area contributed by atoms with Crippen LogP contribution in [0.15, 0.2) is 23.8 Å². The predicted octanol–water partition coefficient (Wildman–Crippen LogP) is 2.02. The molecule has 0 aliphatic carbocycles. The maximum Gasteiger partial charge on any atom is 0.264 e. The molecule has 0 spiro atoms. The van der Waals surface area contributed by atoms with Crippen LogP contribution in [0.5, 0.6) is 5.75 Å². The normalized spacial score (nSPS) is 15.3. The molecule has 1 amide bonds. The van der Waals surface area contributed by atoms with Crippen LogP contribution in [-0.4, -0.2) is 44.2 Å². The van der Waals surface area contributed by atoms with Gasteiger partial charge in [0, 0.05) is 13.1 Å². The average Bonchev–Trinajstić information content (AvgIpc) is 2.59. The molecule has 1 heterocycles. The highest BCUT2D eigenvalue weighted by Crippen LogP contribution is 2.22. The SMILES string of the molecule is CCc1cc(/C=C(\C#N)C(=O)N2CCOCC2)ccc1OC. The van der Waals surface area contributed by atoms with E-state index in [-0.39, 0.29) is 11.5 Å². The number of benzene rings is 1. The fraction of sp³-hybridized carbons (Fsp3) is 0.412. The van der Waals surface area contributed by atoms with Crippen molar-refractivity contribution in [3.63, 3.8) is 0 Å². The van der Waals surface area contributed by atoms with Gasteiger partial charge in [0.05, 0.1) is 20.3 Å². The standard InChI is InChI=1S/C17H20N2O3/c1-3-14-10-13(4-5-16(14)21-2)11-15(12-18)17(20)19-6-8-22-9-7-19/h4-5,10-11H,3,6-9H2,1-2H3/b15-11+. The third kappa shape index (κ3) is 3.66. The molecule has 0 radical (unpaired) electrons. The monoisotopic (exact) mass is 300 g/mol. The third-order valence-corrected chi connectivity index (χ3v) is 3.65. The lowest BCUT2D eigenvalue weighted by Gasteiger charge is -2.26. The van der Waals surface area contributed by atoms with E-state index in [1.807, 2.05) is 31.2 Å². The Morgan fingerprint density at radius 2 is 2.18 bits per heavy atom. The molecule has 1 aliphatic heterocycles. The number of carbonyl (C=O) groups excluding carboxylic acids is 1. The Morgan fingerprint density at radius 1 is 1.45 bits per heavy atom. The van der Waals surface area contributed by atoms with Crippen LogP contribution in [0.4, 0.5) is 0 Å². The molecular formula is C17H20N2O3. The van der Waals surface area contributed by atoms with Gasteiger partial charge in [-0.05, 0) is 35.8 Å². The number of rotatable bonds is 4. The van der Waals surface area contributed by atoms with Crippen LogP contribution >= 0.6 is 0 Å². The second-order valence-electron chi connectivity index (χ2n) is 5.00. The second kappa shape index (κ2) is 7.62. The smallest absolute Gasteiger partial charge is 0.264 e. The lowest BCUT2D eigenvalue weighted by atomic mass is 10.0. The summed E-state index contributed by atoms with van der Waals surface area (Å²) >= 11 is 0. The number of methoxy groups -OCH3 is 1. The summed E-state index contributed by atoms with van der Waals surface area (Å²) in [6.45, 7) is 4.14. The van der Waals surface area contributed by atoms with E-state index in [1.165, 1.54) is 0 Å². The van der Waals surface area contributed by atoms with Gasteiger partial charge in [-0.25, -0.2) is 0 Å². The summed E-state index contributed by atoms with van der Waals surface area (Å²) in [5, 5.41) is 9.29. The molecule has 5 nitrogen and oxygen atoms in total. The molecule has 0 N–H and O–H groups in total. The average molecular weight is 300 g/mol. The molecule has 1 aromatic rings. The van der Waals surface area contributed by atoms with Gasteiger partial charge in [0.1, 0.15) is 17.4 Å².